The number of para-hydroxylation sites is 3. The van der Waals surface area contributed by atoms with E-state index in [2.05, 4.69) is 89.8 Å². The maximum atomic E-state index is 11.3. The summed E-state index contributed by atoms with van der Waals surface area (Å²) in [5.74, 6) is 0.242. The number of hydrogen-bond donors (Lipinski definition) is 1. The molecule has 1 N–H and O–H groups in total. The van der Waals surface area contributed by atoms with Crippen LogP contribution >= 0.6 is 0 Å². The molecule has 0 spiro atoms. The predicted octanol–water partition coefficient (Wildman–Crippen LogP) is 9.38. The van der Waals surface area contributed by atoms with Crippen LogP contribution in [0.1, 0.15) is 0 Å². The fraction of sp³-hybridized carbons (Fsp3) is 0. The van der Waals surface area contributed by atoms with E-state index in [1.54, 1.807) is 0 Å². The summed E-state index contributed by atoms with van der Waals surface area (Å²) in [6, 6.07) is 47.4. The molecular weight excluding hydrogens is 464 g/mol. The Morgan fingerprint density at radius 3 is 1.74 bits per heavy atom. The van der Waals surface area contributed by atoms with E-state index >= 15 is 0 Å². The molecule has 0 amide bonds. The molecule has 6 aromatic carbocycles. The number of nitrogens with zero attached hydrogens (tertiary/aromatic N) is 2. The predicted molar refractivity (Wildman–Crippen MR) is 159 cm³/mol. The van der Waals surface area contributed by atoms with E-state index in [9.17, 15) is 5.11 Å². The van der Waals surface area contributed by atoms with E-state index in [0.717, 1.165) is 60.8 Å². The van der Waals surface area contributed by atoms with Gasteiger partial charge in [0, 0.05) is 33.4 Å². The Morgan fingerprint density at radius 1 is 0.500 bits per heavy atom. The molecule has 0 unspecified atom stereocenters. The molecule has 38 heavy (non-hydrogen) atoms. The second-order valence-electron chi connectivity index (χ2n) is 9.40. The van der Waals surface area contributed by atoms with Crippen LogP contribution in [0.5, 0.6) is 5.75 Å². The smallest absolute Gasteiger partial charge is 0.126 e. The average molecular weight is 489 g/mol. The molecule has 0 atom stereocenters. The van der Waals surface area contributed by atoms with Gasteiger partial charge in [0.05, 0.1) is 16.6 Å². The van der Waals surface area contributed by atoms with Crippen LogP contribution in [0.2, 0.25) is 0 Å². The molecule has 7 aromatic rings. The number of aromatic nitrogens is 1. The number of benzene rings is 6. The first kappa shape index (κ1) is 22.1. The SMILES string of the molecule is Oc1cc2ccccc2c2c1c(-c1ccc(N(c3ccccc3)c3ccccc3)cc1)nc1ccccc12. The van der Waals surface area contributed by atoms with Crippen LogP contribution < -0.4 is 4.90 Å². The van der Waals surface area contributed by atoms with E-state index in [4.69, 9.17) is 4.98 Å². The molecule has 0 aliphatic carbocycles. The van der Waals surface area contributed by atoms with Crippen molar-refractivity contribution < 1.29 is 5.11 Å². The third kappa shape index (κ3) is 3.64. The molecule has 180 valence electrons. The molecule has 3 heteroatoms. The minimum Gasteiger partial charge on any atom is -0.507 e. The van der Waals surface area contributed by atoms with Crippen LogP contribution in [0.15, 0.2) is 140 Å². The fourth-order valence-corrected chi connectivity index (χ4v) is 5.39. The molecule has 0 aliphatic heterocycles. The molecular formula is C35H24N2O. The highest BCUT2D eigenvalue weighted by Gasteiger charge is 2.18. The summed E-state index contributed by atoms with van der Waals surface area (Å²) >= 11 is 0. The molecule has 0 aliphatic rings. The Hall–Kier alpha value is -5.15. The highest BCUT2D eigenvalue weighted by molar-refractivity contribution is 6.24. The molecule has 0 bridgehead atoms. The molecule has 1 aromatic heterocycles. The number of fused-ring (bicyclic) bond motifs is 5. The largest absolute Gasteiger partial charge is 0.507 e. The third-order valence-corrected chi connectivity index (χ3v) is 7.10. The number of rotatable bonds is 4. The fourth-order valence-electron chi connectivity index (χ4n) is 5.39. The van der Waals surface area contributed by atoms with Crippen LogP contribution in [0.3, 0.4) is 0 Å². The second-order valence-corrected chi connectivity index (χ2v) is 9.40. The van der Waals surface area contributed by atoms with Gasteiger partial charge in [-0.25, -0.2) is 4.98 Å². The van der Waals surface area contributed by atoms with Gasteiger partial charge in [-0.3, -0.25) is 0 Å². The van der Waals surface area contributed by atoms with Crippen molar-refractivity contribution in [3.8, 4) is 17.0 Å². The summed E-state index contributed by atoms with van der Waals surface area (Å²) in [5.41, 5.74) is 5.86. The van der Waals surface area contributed by atoms with Crippen LogP contribution in [-0.4, -0.2) is 10.1 Å². The van der Waals surface area contributed by atoms with Crippen LogP contribution in [0.4, 0.5) is 17.1 Å². The van der Waals surface area contributed by atoms with Crippen molar-refractivity contribution in [2.45, 2.75) is 0 Å². The monoisotopic (exact) mass is 488 g/mol. The summed E-state index contributed by atoms with van der Waals surface area (Å²) in [7, 11) is 0. The van der Waals surface area contributed by atoms with E-state index in [1.807, 2.05) is 54.6 Å². The van der Waals surface area contributed by atoms with Gasteiger partial charge in [0.2, 0.25) is 0 Å². The van der Waals surface area contributed by atoms with Gasteiger partial charge in [0.15, 0.2) is 0 Å². The van der Waals surface area contributed by atoms with E-state index < -0.39 is 0 Å². The molecule has 1 heterocycles. The lowest BCUT2D eigenvalue weighted by atomic mass is 9.94. The molecule has 0 saturated carbocycles. The molecule has 0 saturated heterocycles. The minimum absolute atomic E-state index is 0.242. The Morgan fingerprint density at radius 2 is 1.05 bits per heavy atom. The lowest BCUT2D eigenvalue weighted by molar-refractivity contribution is 0.482. The standard InChI is InChI=1S/C35H24N2O/c38-32-23-25-11-7-8-16-29(25)33-30-17-9-10-18-31(30)36-35(34(32)33)24-19-21-28(22-20-24)37(26-12-3-1-4-13-26)27-14-5-2-6-15-27/h1-23,38H. The first-order chi connectivity index (χ1) is 18.8. The molecule has 7 rings (SSSR count). The maximum Gasteiger partial charge on any atom is 0.126 e. The topological polar surface area (TPSA) is 36.4 Å². The van der Waals surface area contributed by atoms with E-state index in [-0.39, 0.29) is 5.75 Å². The Labute approximate surface area is 220 Å². The van der Waals surface area contributed by atoms with Crippen molar-refractivity contribution >= 4 is 49.5 Å². The quantitative estimate of drug-likeness (QED) is 0.251. The van der Waals surface area contributed by atoms with Gasteiger partial charge >= 0.3 is 0 Å². The van der Waals surface area contributed by atoms with Crippen molar-refractivity contribution in [3.05, 3.63) is 140 Å². The zero-order valence-corrected chi connectivity index (χ0v) is 20.6. The lowest BCUT2D eigenvalue weighted by Gasteiger charge is -2.25. The van der Waals surface area contributed by atoms with Gasteiger partial charge in [0.25, 0.3) is 0 Å². The van der Waals surface area contributed by atoms with Gasteiger partial charge in [0.1, 0.15) is 5.75 Å². The highest BCUT2D eigenvalue weighted by Crippen LogP contribution is 2.43. The molecule has 0 fully saturated rings. The van der Waals surface area contributed by atoms with E-state index in [1.165, 1.54) is 0 Å². The highest BCUT2D eigenvalue weighted by atomic mass is 16.3. The Balaban J connectivity index is 1.44. The van der Waals surface area contributed by atoms with Crippen molar-refractivity contribution in [1.29, 1.82) is 0 Å². The first-order valence-corrected chi connectivity index (χ1v) is 12.7. The van der Waals surface area contributed by atoms with Crippen LogP contribution in [-0.2, 0) is 0 Å². The maximum absolute atomic E-state index is 11.3. The summed E-state index contributed by atoms with van der Waals surface area (Å²) in [6.45, 7) is 0. The van der Waals surface area contributed by atoms with Crippen molar-refractivity contribution in [1.82, 2.24) is 4.98 Å². The van der Waals surface area contributed by atoms with Crippen LogP contribution in [0, 0.1) is 0 Å². The van der Waals surface area contributed by atoms with Crippen molar-refractivity contribution in [3.63, 3.8) is 0 Å². The lowest BCUT2D eigenvalue weighted by Crippen LogP contribution is -2.09. The number of phenolic OH excluding ortho intramolecular Hbond substituents is 1. The minimum atomic E-state index is 0.242. The van der Waals surface area contributed by atoms with Crippen molar-refractivity contribution in [2.24, 2.45) is 0 Å². The van der Waals surface area contributed by atoms with Gasteiger partial charge in [-0.15, -0.1) is 0 Å². The van der Waals surface area contributed by atoms with E-state index in [0.29, 0.717) is 0 Å². The third-order valence-electron chi connectivity index (χ3n) is 7.10. The van der Waals surface area contributed by atoms with Gasteiger partial charge in [-0.2, -0.15) is 0 Å². The number of aromatic hydroxyl groups is 1. The number of phenols is 1. The first-order valence-electron chi connectivity index (χ1n) is 12.7. The van der Waals surface area contributed by atoms with Gasteiger partial charge < -0.3 is 10.0 Å². The Kier molecular flexibility index (Phi) is 5.26. The molecule has 3 nitrogen and oxygen atoms in total. The zero-order chi connectivity index (χ0) is 25.5. The normalized spacial score (nSPS) is 11.3. The van der Waals surface area contributed by atoms with Gasteiger partial charge in [-0.05, 0) is 59.3 Å². The van der Waals surface area contributed by atoms with Crippen molar-refractivity contribution in [2.75, 3.05) is 4.90 Å². The second kappa shape index (κ2) is 9.06. The Bertz CT molecular complexity index is 1860. The van der Waals surface area contributed by atoms with Crippen LogP contribution in [0.25, 0.3) is 43.7 Å². The number of hydrogen-bond acceptors (Lipinski definition) is 3. The molecule has 0 radical (unpaired) electrons. The average Bonchev–Trinajstić information content (AvgIpc) is 2.98. The van der Waals surface area contributed by atoms with Gasteiger partial charge in [-0.1, -0.05) is 91.0 Å². The zero-order valence-electron chi connectivity index (χ0n) is 20.6. The summed E-state index contributed by atoms with van der Waals surface area (Å²) in [4.78, 5) is 7.30. The summed E-state index contributed by atoms with van der Waals surface area (Å²) in [6.07, 6.45) is 0. The number of pyridine rings is 1. The number of anilines is 3. The summed E-state index contributed by atoms with van der Waals surface area (Å²) < 4.78 is 0. The summed E-state index contributed by atoms with van der Waals surface area (Å²) in [5, 5.41) is 16.2.